The summed E-state index contributed by atoms with van der Waals surface area (Å²) in [6.45, 7) is 0.659. The Kier molecular flexibility index (Phi) is 5.17. The van der Waals surface area contributed by atoms with E-state index in [0.29, 0.717) is 35.8 Å². The number of nitrogens with one attached hydrogen (secondary N) is 2. The minimum atomic E-state index is -0.794. The molecule has 0 unspecified atom stereocenters. The maximum atomic E-state index is 12.1. The molecule has 7 nitrogen and oxygen atoms in total. The van der Waals surface area contributed by atoms with Gasteiger partial charge in [-0.2, -0.15) is 0 Å². The fourth-order valence-electron chi connectivity index (χ4n) is 2.75. The molecule has 2 N–H and O–H groups in total. The first-order valence-corrected chi connectivity index (χ1v) is 8.23. The van der Waals surface area contributed by atoms with Crippen LogP contribution in [0.5, 0.6) is 5.75 Å². The Morgan fingerprint density at radius 1 is 1.00 bits per heavy atom. The van der Waals surface area contributed by atoms with Crippen molar-refractivity contribution < 1.29 is 19.1 Å². The van der Waals surface area contributed by atoms with Gasteiger partial charge in [-0.15, -0.1) is 0 Å². The molecule has 0 aliphatic carbocycles. The van der Waals surface area contributed by atoms with E-state index in [-0.39, 0.29) is 5.91 Å². The number of benzene rings is 2. The third-order valence-corrected chi connectivity index (χ3v) is 4.02. The SMILES string of the molecule is COc1cccc(NC(=O)C(=O)Nc2cccc(N3CCCC3=O)c2)c1. The topological polar surface area (TPSA) is 87.7 Å². The number of hydrogen-bond donors (Lipinski definition) is 2. The zero-order valence-corrected chi connectivity index (χ0v) is 14.3. The highest BCUT2D eigenvalue weighted by Gasteiger charge is 2.22. The second-order valence-corrected chi connectivity index (χ2v) is 5.84. The van der Waals surface area contributed by atoms with Gasteiger partial charge in [0.25, 0.3) is 0 Å². The fraction of sp³-hybridized carbons (Fsp3) is 0.211. The number of ether oxygens (including phenoxy) is 1. The Balaban J connectivity index is 1.65. The van der Waals surface area contributed by atoms with Gasteiger partial charge in [-0.25, -0.2) is 0 Å². The first kappa shape index (κ1) is 17.5. The Morgan fingerprint density at radius 3 is 2.27 bits per heavy atom. The summed E-state index contributed by atoms with van der Waals surface area (Å²) in [7, 11) is 1.52. The summed E-state index contributed by atoms with van der Waals surface area (Å²) in [6, 6.07) is 13.6. The lowest BCUT2D eigenvalue weighted by Crippen LogP contribution is -2.29. The number of amides is 3. The van der Waals surface area contributed by atoms with Gasteiger partial charge in [0.1, 0.15) is 5.75 Å². The molecule has 2 aromatic rings. The van der Waals surface area contributed by atoms with E-state index in [9.17, 15) is 14.4 Å². The number of rotatable bonds is 4. The molecule has 2 aromatic carbocycles. The molecule has 1 fully saturated rings. The largest absolute Gasteiger partial charge is 0.497 e. The van der Waals surface area contributed by atoms with E-state index in [2.05, 4.69) is 10.6 Å². The molecule has 0 saturated carbocycles. The van der Waals surface area contributed by atoms with Gasteiger partial charge in [0.15, 0.2) is 0 Å². The molecule has 3 rings (SSSR count). The van der Waals surface area contributed by atoms with Crippen LogP contribution in [0.2, 0.25) is 0 Å². The molecule has 3 amide bonds. The molecule has 0 bridgehead atoms. The minimum absolute atomic E-state index is 0.0595. The lowest BCUT2D eigenvalue weighted by atomic mass is 10.2. The maximum Gasteiger partial charge on any atom is 0.314 e. The van der Waals surface area contributed by atoms with Crippen molar-refractivity contribution in [1.29, 1.82) is 0 Å². The molecule has 0 spiro atoms. The average Bonchev–Trinajstić information content (AvgIpc) is 3.08. The molecular formula is C19H19N3O4. The standard InChI is InChI=1S/C19H19N3O4/c1-26-16-8-3-6-14(12-16)21-19(25)18(24)20-13-5-2-7-15(11-13)22-10-4-9-17(22)23/h2-3,5-8,11-12H,4,9-10H2,1H3,(H,20,24)(H,21,25). The maximum absolute atomic E-state index is 12.1. The van der Waals surface area contributed by atoms with Gasteiger partial charge in [-0.1, -0.05) is 12.1 Å². The van der Waals surface area contributed by atoms with E-state index in [4.69, 9.17) is 4.74 Å². The molecule has 1 aliphatic heterocycles. The van der Waals surface area contributed by atoms with E-state index in [1.165, 1.54) is 7.11 Å². The van der Waals surface area contributed by atoms with Crippen LogP contribution in [0.1, 0.15) is 12.8 Å². The van der Waals surface area contributed by atoms with Crippen LogP contribution in [0.15, 0.2) is 48.5 Å². The molecule has 1 heterocycles. The Hall–Kier alpha value is -3.35. The van der Waals surface area contributed by atoms with E-state index in [1.807, 2.05) is 0 Å². The van der Waals surface area contributed by atoms with Crippen molar-refractivity contribution in [2.75, 3.05) is 29.2 Å². The van der Waals surface area contributed by atoms with E-state index in [0.717, 1.165) is 6.42 Å². The lowest BCUT2D eigenvalue weighted by molar-refractivity contribution is -0.132. The number of methoxy groups -OCH3 is 1. The Morgan fingerprint density at radius 2 is 1.65 bits per heavy atom. The van der Waals surface area contributed by atoms with Crippen LogP contribution in [0.4, 0.5) is 17.1 Å². The molecule has 26 heavy (non-hydrogen) atoms. The zero-order valence-electron chi connectivity index (χ0n) is 14.3. The summed E-state index contributed by atoms with van der Waals surface area (Å²) < 4.78 is 5.08. The average molecular weight is 353 g/mol. The molecule has 0 aromatic heterocycles. The first-order chi connectivity index (χ1) is 12.6. The zero-order chi connectivity index (χ0) is 18.5. The highest BCUT2D eigenvalue weighted by molar-refractivity contribution is 6.43. The molecule has 134 valence electrons. The van der Waals surface area contributed by atoms with E-state index in [1.54, 1.807) is 53.4 Å². The fourth-order valence-corrected chi connectivity index (χ4v) is 2.75. The highest BCUT2D eigenvalue weighted by Crippen LogP contribution is 2.24. The monoisotopic (exact) mass is 353 g/mol. The molecule has 0 radical (unpaired) electrons. The summed E-state index contributed by atoms with van der Waals surface area (Å²) in [5.74, 6) is -0.950. The summed E-state index contributed by atoms with van der Waals surface area (Å²) in [4.78, 5) is 37.7. The van der Waals surface area contributed by atoms with Crippen LogP contribution >= 0.6 is 0 Å². The summed E-state index contributed by atoms with van der Waals surface area (Å²) in [6.07, 6.45) is 1.35. The normalized spacial score (nSPS) is 13.4. The third-order valence-electron chi connectivity index (χ3n) is 4.02. The molecule has 0 atom stereocenters. The van der Waals surface area contributed by atoms with Crippen LogP contribution in [0.25, 0.3) is 0 Å². The quantitative estimate of drug-likeness (QED) is 0.826. The Bertz CT molecular complexity index is 850. The van der Waals surface area contributed by atoms with Crippen LogP contribution in [-0.2, 0) is 14.4 Å². The molecule has 1 aliphatic rings. The second kappa shape index (κ2) is 7.69. The van der Waals surface area contributed by atoms with Gasteiger partial charge in [-0.3, -0.25) is 14.4 Å². The molecule has 7 heteroatoms. The predicted octanol–water partition coefficient (Wildman–Crippen LogP) is 2.40. The Labute approximate surface area is 150 Å². The van der Waals surface area contributed by atoms with E-state index >= 15 is 0 Å². The first-order valence-electron chi connectivity index (χ1n) is 8.23. The summed E-state index contributed by atoms with van der Waals surface area (Å²) in [5, 5.41) is 5.07. The van der Waals surface area contributed by atoms with Gasteiger partial charge in [0, 0.05) is 36.1 Å². The molecule has 1 saturated heterocycles. The summed E-state index contributed by atoms with van der Waals surface area (Å²) in [5.41, 5.74) is 1.62. The van der Waals surface area contributed by atoms with Crippen molar-refractivity contribution in [3.8, 4) is 5.75 Å². The van der Waals surface area contributed by atoms with Crippen molar-refractivity contribution in [2.45, 2.75) is 12.8 Å². The van der Waals surface area contributed by atoms with Crippen LogP contribution in [0, 0.1) is 0 Å². The summed E-state index contributed by atoms with van der Waals surface area (Å²) >= 11 is 0. The predicted molar refractivity (Wildman–Crippen MR) is 98.3 cm³/mol. The van der Waals surface area contributed by atoms with Gasteiger partial charge in [-0.05, 0) is 36.8 Å². The van der Waals surface area contributed by atoms with Gasteiger partial charge < -0.3 is 20.3 Å². The second-order valence-electron chi connectivity index (χ2n) is 5.84. The van der Waals surface area contributed by atoms with Crippen molar-refractivity contribution >= 4 is 34.8 Å². The van der Waals surface area contributed by atoms with Gasteiger partial charge in [0.05, 0.1) is 7.11 Å². The van der Waals surface area contributed by atoms with Crippen molar-refractivity contribution in [3.05, 3.63) is 48.5 Å². The number of carbonyl (C=O) groups excluding carboxylic acids is 3. The lowest BCUT2D eigenvalue weighted by Gasteiger charge is -2.16. The van der Waals surface area contributed by atoms with Crippen molar-refractivity contribution in [1.82, 2.24) is 0 Å². The molecular weight excluding hydrogens is 334 g/mol. The highest BCUT2D eigenvalue weighted by atomic mass is 16.5. The number of hydrogen-bond acceptors (Lipinski definition) is 4. The number of nitrogens with zero attached hydrogens (tertiary/aromatic N) is 1. The van der Waals surface area contributed by atoms with Crippen LogP contribution in [-0.4, -0.2) is 31.4 Å². The van der Waals surface area contributed by atoms with Gasteiger partial charge >= 0.3 is 11.8 Å². The van der Waals surface area contributed by atoms with Gasteiger partial charge in [0.2, 0.25) is 5.91 Å². The smallest absolute Gasteiger partial charge is 0.314 e. The van der Waals surface area contributed by atoms with E-state index < -0.39 is 11.8 Å². The van der Waals surface area contributed by atoms with Crippen LogP contribution < -0.4 is 20.3 Å². The van der Waals surface area contributed by atoms with Crippen LogP contribution in [0.3, 0.4) is 0 Å². The number of anilines is 3. The third kappa shape index (κ3) is 4.00. The van der Waals surface area contributed by atoms with Crippen molar-refractivity contribution in [3.63, 3.8) is 0 Å². The van der Waals surface area contributed by atoms with Crippen molar-refractivity contribution in [2.24, 2.45) is 0 Å². The number of carbonyl (C=O) groups is 3. The minimum Gasteiger partial charge on any atom is -0.497 e.